The van der Waals surface area contributed by atoms with E-state index in [9.17, 15) is 4.79 Å². The molecular weight excluding hydrogens is 182 g/mol. The molecule has 1 saturated carbocycles. The average Bonchev–Trinajstić information content (AvgIpc) is 2.95. The van der Waals surface area contributed by atoms with E-state index in [4.69, 9.17) is 9.84 Å². The maximum Gasteiger partial charge on any atom is 0.223 e. The lowest BCUT2D eigenvalue weighted by atomic mass is 10.2. The van der Waals surface area contributed by atoms with E-state index >= 15 is 0 Å². The normalized spacial score (nSPS) is 15.6. The lowest BCUT2D eigenvalue weighted by Gasteiger charge is -2.21. The molecule has 1 aliphatic rings. The molecule has 0 aromatic heterocycles. The van der Waals surface area contributed by atoms with Crippen LogP contribution in [0.25, 0.3) is 0 Å². The van der Waals surface area contributed by atoms with E-state index in [1.807, 2.05) is 0 Å². The fourth-order valence-electron chi connectivity index (χ4n) is 1.38. The summed E-state index contributed by atoms with van der Waals surface area (Å²) in [5.74, 6) is 0.754. The van der Waals surface area contributed by atoms with Crippen LogP contribution in [0.1, 0.15) is 19.3 Å². The Morgan fingerprint density at radius 3 is 2.71 bits per heavy atom. The van der Waals surface area contributed by atoms with Crippen LogP contribution >= 0.6 is 0 Å². The highest BCUT2D eigenvalue weighted by molar-refractivity contribution is 5.76. The molecule has 1 amide bonds. The molecule has 0 saturated heterocycles. The van der Waals surface area contributed by atoms with E-state index in [0.29, 0.717) is 32.0 Å². The number of aliphatic hydroxyl groups is 1. The molecule has 0 heterocycles. The third-order valence-corrected chi connectivity index (χ3v) is 2.45. The second-order valence-corrected chi connectivity index (χ2v) is 3.74. The SMILES string of the molecule is COCCN(CCO)C(=O)CC1CC1. The minimum atomic E-state index is 0.0279. The molecule has 0 aliphatic heterocycles. The third-order valence-electron chi connectivity index (χ3n) is 2.45. The van der Waals surface area contributed by atoms with E-state index in [0.717, 1.165) is 0 Å². The van der Waals surface area contributed by atoms with Gasteiger partial charge in [-0.3, -0.25) is 4.79 Å². The molecular formula is C10H19NO3. The Kier molecular flexibility index (Phi) is 4.90. The number of hydrogen-bond donors (Lipinski definition) is 1. The van der Waals surface area contributed by atoms with Crippen molar-refractivity contribution in [2.24, 2.45) is 5.92 Å². The topological polar surface area (TPSA) is 49.8 Å². The summed E-state index contributed by atoms with van der Waals surface area (Å²) in [5.41, 5.74) is 0. The van der Waals surface area contributed by atoms with Gasteiger partial charge in [0, 0.05) is 26.6 Å². The molecule has 1 aliphatic carbocycles. The van der Waals surface area contributed by atoms with E-state index in [1.165, 1.54) is 12.8 Å². The first-order valence-corrected chi connectivity index (χ1v) is 5.15. The average molecular weight is 201 g/mol. The zero-order valence-electron chi connectivity index (χ0n) is 8.74. The molecule has 0 aromatic carbocycles. The largest absolute Gasteiger partial charge is 0.395 e. The standard InChI is InChI=1S/C10H19NO3/c1-14-7-5-11(4-6-12)10(13)8-9-2-3-9/h9,12H,2-8H2,1H3. The summed E-state index contributed by atoms with van der Waals surface area (Å²) in [5, 5.41) is 8.80. The van der Waals surface area contributed by atoms with Gasteiger partial charge in [-0.1, -0.05) is 0 Å². The van der Waals surface area contributed by atoms with Gasteiger partial charge in [0.25, 0.3) is 0 Å². The van der Waals surface area contributed by atoms with Crippen molar-refractivity contribution in [3.63, 3.8) is 0 Å². The van der Waals surface area contributed by atoms with E-state index in [2.05, 4.69) is 0 Å². The maximum absolute atomic E-state index is 11.6. The van der Waals surface area contributed by atoms with Crippen molar-refractivity contribution in [2.75, 3.05) is 33.4 Å². The summed E-state index contributed by atoms with van der Waals surface area (Å²) in [4.78, 5) is 13.3. The van der Waals surface area contributed by atoms with Crippen molar-refractivity contribution in [3.8, 4) is 0 Å². The number of aliphatic hydroxyl groups excluding tert-OH is 1. The van der Waals surface area contributed by atoms with Crippen LogP contribution in [0.15, 0.2) is 0 Å². The Labute approximate surface area is 84.8 Å². The first kappa shape index (κ1) is 11.5. The van der Waals surface area contributed by atoms with Gasteiger partial charge in [0.1, 0.15) is 0 Å². The number of rotatable bonds is 7. The third kappa shape index (κ3) is 4.07. The van der Waals surface area contributed by atoms with Gasteiger partial charge in [0.05, 0.1) is 13.2 Å². The van der Waals surface area contributed by atoms with Gasteiger partial charge in [-0.15, -0.1) is 0 Å². The number of methoxy groups -OCH3 is 1. The van der Waals surface area contributed by atoms with Crippen LogP contribution in [0.5, 0.6) is 0 Å². The Morgan fingerprint density at radius 1 is 1.50 bits per heavy atom. The van der Waals surface area contributed by atoms with E-state index in [1.54, 1.807) is 12.0 Å². The Balaban J connectivity index is 2.26. The van der Waals surface area contributed by atoms with Crippen LogP contribution in [-0.2, 0) is 9.53 Å². The summed E-state index contributed by atoms with van der Waals surface area (Å²) in [6.45, 7) is 1.58. The smallest absolute Gasteiger partial charge is 0.223 e. The first-order chi connectivity index (χ1) is 6.77. The number of nitrogens with zero attached hydrogens (tertiary/aromatic N) is 1. The fourth-order valence-corrected chi connectivity index (χ4v) is 1.38. The number of ether oxygens (including phenoxy) is 1. The van der Waals surface area contributed by atoms with Crippen LogP contribution in [0, 0.1) is 5.92 Å². The maximum atomic E-state index is 11.6. The number of hydrogen-bond acceptors (Lipinski definition) is 3. The summed E-state index contributed by atoms with van der Waals surface area (Å²) in [6, 6.07) is 0. The Hall–Kier alpha value is -0.610. The molecule has 0 spiro atoms. The molecule has 0 aromatic rings. The van der Waals surface area contributed by atoms with Crippen LogP contribution < -0.4 is 0 Å². The summed E-state index contributed by atoms with van der Waals surface area (Å²) >= 11 is 0. The predicted octanol–water partition coefficient (Wildman–Crippen LogP) is 0.254. The molecule has 0 unspecified atom stereocenters. The highest BCUT2D eigenvalue weighted by atomic mass is 16.5. The van der Waals surface area contributed by atoms with Gasteiger partial charge in [-0.05, 0) is 18.8 Å². The van der Waals surface area contributed by atoms with Gasteiger partial charge in [-0.2, -0.15) is 0 Å². The lowest BCUT2D eigenvalue weighted by Crippen LogP contribution is -2.36. The minimum absolute atomic E-state index is 0.0279. The van der Waals surface area contributed by atoms with Crippen molar-refractivity contribution >= 4 is 5.91 Å². The second-order valence-electron chi connectivity index (χ2n) is 3.74. The molecule has 82 valence electrons. The van der Waals surface area contributed by atoms with Crippen molar-refractivity contribution in [1.82, 2.24) is 4.90 Å². The molecule has 1 N–H and O–H groups in total. The van der Waals surface area contributed by atoms with Gasteiger partial charge >= 0.3 is 0 Å². The van der Waals surface area contributed by atoms with Crippen molar-refractivity contribution in [2.45, 2.75) is 19.3 Å². The van der Waals surface area contributed by atoms with Crippen LogP contribution in [-0.4, -0.2) is 49.3 Å². The van der Waals surface area contributed by atoms with Crippen LogP contribution in [0.2, 0.25) is 0 Å². The number of carbonyl (C=O) groups excluding carboxylic acids is 1. The quantitative estimate of drug-likeness (QED) is 0.642. The summed E-state index contributed by atoms with van der Waals surface area (Å²) < 4.78 is 4.91. The molecule has 0 bridgehead atoms. The fraction of sp³-hybridized carbons (Fsp3) is 0.900. The van der Waals surface area contributed by atoms with E-state index < -0.39 is 0 Å². The molecule has 4 heteroatoms. The Morgan fingerprint density at radius 2 is 2.21 bits per heavy atom. The molecule has 0 atom stereocenters. The molecule has 14 heavy (non-hydrogen) atoms. The minimum Gasteiger partial charge on any atom is -0.395 e. The highest BCUT2D eigenvalue weighted by Crippen LogP contribution is 2.32. The summed E-state index contributed by atoms with van der Waals surface area (Å²) in [7, 11) is 1.61. The zero-order chi connectivity index (χ0) is 10.4. The Bertz CT molecular complexity index is 180. The lowest BCUT2D eigenvalue weighted by molar-refractivity contribution is -0.132. The van der Waals surface area contributed by atoms with E-state index in [-0.39, 0.29) is 12.5 Å². The molecule has 1 rings (SSSR count). The zero-order valence-corrected chi connectivity index (χ0v) is 8.74. The first-order valence-electron chi connectivity index (χ1n) is 5.15. The van der Waals surface area contributed by atoms with Gasteiger partial charge < -0.3 is 14.7 Å². The number of amides is 1. The van der Waals surface area contributed by atoms with Crippen molar-refractivity contribution < 1.29 is 14.6 Å². The van der Waals surface area contributed by atoms with Crippen molar-refractivity contribution in [3.05, 3.63) is 0 Å². The summed E-state index contributed by atoms with van der Waals surface area (Å²) in [6.07, 6.45) is 3.01. The van der Waals surface area contributed by atoms with Crippen molar-refractivity contribution in [1.29, 1.82) is 0 Å². The second kappa shape index (κ2) is 5.98. The number of carbonyl (C=O) groups is 1. The monoisotopic (exact) mass is 201 g/mol. The highest BCUT2D eigenvalue weighted by Gasteiger charge is 2.26. The molecule has 1 fully saturated rings. The van der Waals surface area contributed by atoms with Crippen LogP contribution in [0.4, 0.5) is 0 Å². The van der Waals surface area contributed by atoms with Gasteiger partial charge in [0.2, 0.25) is 5.91 Å². The molecule has 0 radical (unpaired) electrons. The predicted molar refractivity (Wildman–Crippen MR) is 52.9 cm³/mol. The van der Waals surface area contributed by atoms with Gasteiger partial charge in [0.15, 0.2) is 0 Å². The van der Waals surface area contributed by atoms with Gasteiger partial charge in [-0.25, -0.2) is 0 Å². The van der Waals surface area contributed by atoms with Crippen LogP contribution in [0.3, 0.4) is 0 Å². The molecule has 4 nitrogen and oxygen atoms in total.